The fourth-order valence-corrected chi connectivity index (χ4v) is 2.06. The number of ketones is 2. The van der Waals surface area contributed by atoms with Gasteiger partial charge in [0.25, 0.3) is 0 Å². The minimum absolute atomic E-state index is 0.0912. The molecule has 0 atom stereocenters. The van der Waals surface area contributed by atoms with Crippen LogP contribution < -0.4 is 14.2 Å². The lowest BCUT2D eigenvalue weighted by atomic mass is 10.00. The quantitative estimate of drug-likeness (QED) is 0.651. The van der Waals surface area contributed by atoms with Crippen molar-refractivity contribution >= 4 is 11.6 Å². The summed E-state index contributed by atoms with van der Waals surface area (Å²) in [5, 5.41) is 9.89. The smallest absolute Gasteiger partial charge is 0.237 e. The summed E-state index contributed by atoms with van der Waals surface area (Å²) < 4.78 is 15.1. The van der Waals surface area contributed by atoms with Gasteiger partial charge in [0.05, 0.1) is 32.5 Å². The van der Waals surface area contributed by atoms with E-state index >= 15 is 0 Å². The lowest BCUT2D eigenvalue weighted by molar-refractivity contribution is 0.0813. The maximum absolute atomic E-state index is 12.4. The highest BCUT2D eigenvalue weighted by atomic mass is 16.5. The standard InChI is InChI=1S/C17H16O6/c1-21-10-4-6-12(14(18)8-10)16(19)17(20)13-7-5-11(22-2)9-15(13)23-3/h4-9,18H,1-3H3. The summed E-state index contributed by atoms with van der Waals surface area (Å²) in [6.07, 6.45) is 0. The van der Waals surface area contributed by atoms with Gasteiger partial charge < -0.3 is 19.3 Å². The van der Waals surface area contributed by atoms with Gasteiger partial charge in [0.2, 0.25) is 11.6 Å². The molecule has 0 saturated carbocycles. The molecule has 2 aromatic carbocycles. The van der Waals surface area contributed by atoms with Gasteiger partial charge in [-0.3, -0.25) is 9.59 Å². The van der Waals surface area contributed by atoms with E-state index in [2.05, 4.69) is 0 Å². The number of ether oxygens (including phenoxy) is 3. The van der Waals surface area contributed by atoms with Gasteiger partial charge >= 0.3 is 0 Å². The van der Waals surface area contributed by atoms with Crippen LogP contribution in [-0.4, -0.2) is 38.0 Å². The molecule has 0 amide bonds. The van der Waals surface area contributed by atoms with E-state index < -0.39 is 11.6 Å². The predicted molar refractivity (Wildman–Crippen MR) is 82.9 cm³/mol. The van der Waals surface area contributed by atoms with Crippen molar-refractivity contribution in [2.75, 3.05) is 21.3 Å². The fourth-order valence-electron chi connectivity index (χ4n) is 2.06. The van der Waals surface area contributed by atoms with Crippen LogP contribution in [0.5, 0.6) is 23.0 Å². The second-order valence-electron chi connectivity index (χ2n) is 4.61. The van der Waals surface area contributed by atoms with E-state index in [1.807, 2.05) is 0 Å². The van der Waals surface area contributed by atoms with E-state index in [4.69, 9.17) is 14.2 Å². The molecule has 2 aromatic rings. The fraction of sp³-hybridized carbons (Fsp3) is 0.176. The van der Waals surface area contributed by atoms with Gasteiger partial charge in [-0.05, 0) is 24.3 Å². The molecule has 23 heavy (non-hydrogen) atoms. The third-order valence-electron chi connectivity index (χ3n) is 3.31. The summed E-state index contributed by atoms with van der Waals surface area (Å²) in [6, 6.07) is 8.60. The topological polar surface area (TPSA) is 82.1 Å². The average Bonchev–Trinajstić information content (AvgIpc) is 2.59. The van der Waals surface area contributed by atoms with E-state index in [1.165, 1.54) is 51.7 Å². The van der Waals surface area contributed by atoms with E-state index in [9.17, 15) is 14.7 Å². The SMILES string of the molecule is COc1ccc(C(=O)C(=O)c2ccc(OC)cc2OC)c(O)c1. The van der Waals surface area contributed by atoms with Crippen molar-refractivity contribution in [3.63, 3.8) is 0 Å². The molecule has 0 radical (unpaired) electrons. The molecule has 0 spiro atoms. The Labute approximate surface area is 133 Å². The summed E-state index contributed by atoms with van der Waals surface area (Å²) >= 11 is 0. The molecule has 0 aromatic heterocycles. The van der Waals surface area contributed by atoms with Crippen LogP contribution in [0, 0.1) is 0 Å². The van der Waals surface area contributed by atoms with Crippen molar-refractivity contribution in [1.82, 2.24) is 0 Å². The Kier molecular flexibility index (Phi) is 4.85. The Morgan fingerprint density at radius 2 is 1.30 bits per heavy atom. The predicted octanol–water partition coefficient (Wildman–Crippen LogP) is 2.48. The molecule has 1 N–H and O–H groups in total. The zero-order chi connectivity index (χ0) is 17.0. The normalized spacial score (nSPS) is 10.0. The van der Waals surface area contributed by atoms with E-state index in [-0.39, 0.29) is 22.6 Å². The molecule has 0 fully saturated rings. The van der Waals surface area contributed by atoms with E-state index in [0.717, 1.165) is 0 Å². The Morgan fingerprint density at radius 3 is 1.83 bits per heavy atom. The Morgan fingerprint density at radius 1 is 0.783 bits per heavy atom. The van der Waals surface area contributed by atoms with Gasteiger partial charge in [-0.1, -0.05) is 0 Å². The molecular weight excluding hydrogens is 300 g/mol. The number of phenols is 1. The van der Waals surface area contributed by atoms with Crippen LogP contribution in [-0.2, 0) is 0 Å². The lowest BCUT2D eigenvalue weighted by Gasteiger charge is -2.10. The van der Waals surface area contributed by atoms with Crippen molar-refractivity contribution < 1.29 is 28.9 Å². The molecule has 0 heterocycles. The third-order valence-corrected chi connectivity index (χ3v) is 3.31. The highest BCUT2D eigenvalue weighted by Crippen LogP contribution is 2.28. The van der Waals surface area contributed by atoms with Crippen LogP contribution in [0.4, 0.5) is 0 Å². The number of carbonyl (C=O) groups is 2. The molecular formula is C17H16O6. The number of aromatic hydroxyl groups is 1. The number of benzene rings is 2. The van der Waals surface area contributed by atoms with Crippen molar-refractivity contribution in [2.45, 2.75) is 0 Å². The van der Waals surface area contributed by atoms with Gasteiger partial charge in [0.1, 0.15) is 23.0 Å². The summed E-state index contributed by atoms with van der Waals surface area (Å²) in [7, 11) is 4.31. The number of methoxy groups -OCH3 is 3. The van der Waals surface area contributed by atoms with Crippen molar-refractivity contribution in [1.29, 1.82) is 0 Å². The number of rotatable bonds is 6. The molecule has 0 unspecified atom stereocenters. The van der Waals surface area contributed by atoms with Crippen LogP contribution in [0.15, 0.2) is 36.4 Å². The first-order valence-electron chi connectivity index (χ1n) is 6.70. The zero-order valence-electron chi connectivity index (χ0n) is 13.0. The van der Waals surface area contributed by atoms with Gasteiger partial charge in [-0.2, -0.15) is 0 Å². The van der Waals surface area contributed by atoms with Crippen LogP contribution in [0.3, 0.4) is 0 Å². The molecule has 120 valence electrons. The van der Waals surface area contributed by atoms with Gasteiger partial charge in [0.15, 0.2) is 0 Å². The van der Waals surface area contributed by atoms with Crippen LogP contribution >= 0.6 is 0 Å². The van der Waals surface area contributed by atoms with Crippen LogP contribution in [0.1, 0.15) is 20.7 Å². The molecule has 0 aliphatic heterocycles. The average molecular weight is 316 g/mol. The number of phenolic OH excluding ortho intramolecular Hbond substituents is 1. The first kappa shape index (κ1) is 16.4. The minimum Gasteiger partial charge on any atom is -0.507 e. The van der Waals surface area contributed by atoms with E-state index in [0.29, 0.717) is 11.5 Å². The molecule has 0 bridgehead atoms. The number of hydrogen-bond donors (Lipinski definition) is 1. The van der Waals surface area contributed by atoms with Crippen molar-refractivity contribution in [3.05, 3.63) is 47.5 Å². The minimum atomic E-state index is -0.839. The molecule has 0 aliphatic rings. The highest BCUT2D eigenvalue weighted by molar-refractivity contribution is 6.50. The second kappa shape index (κ2) is 6.83. The highest BCUT2D eigenvalue weighted by Gasteiger charge is 2.24. The largest absolute Gasteiger partial charge is 0.507 e. The van der Waals surface area contributed by atoms with Gasteiger partial charge in [-0.15, -0.1) is 0 Å². The van der Waals surface area contributed by atoms with Crippen molar-refractivity contribution in [2.24, 2.45) is 0 Å². The number of hydrogen-bond acceptors (Lipinski definition) is 6. The third kappa shape index (κ3) is 3.26. The Hall–Kier alpha value is -3.02. The van der Waals surface area contributed by atoms with Gasteiger partial charge in [-0.25, -0.2) is 0 Å². The summed E-state index contributed by atoms with van der Waals surface area (Å²) in [5.41, 5.74) is -0.0119. The van der Waals surface area contributed by atoms with Crippen molar-refractivity contribution in [3.8, 4) is 23.0 Å². The lowest BCUT2D eigenvalue weighted by Crippen LogP contribution is -2.15. The Bertz CT molecular complexity index is 751. The molecule has 2 rings (SSSR count). The number of carbonyl (C=O) groups excluding carboxylic acids is 2. The van der Waals surface area contributed by atoms with E-state index in [1.54, 1.807) is 6.07 Å². The van der Waals surface area contributed by atoms with Gasteiger partial charge in [0, 0.05) is 12.1 Å². The zero-order valence-corrected chi connectivity index (χ0v) is 13.0. The Balaban J connectivity index is 2.39. The van der Waals surface area contributed by atoms with Crippen LogP contribution in [0.2, 0.25) is 0 Å². The first-order chi connectivity index (χ1) is 11.0. The summed E-state index contributed by atoms with van der Waals surface area (Å²) in [6.45, 7) is 0. The molecule has 6 heteroatoms. The molecule has 0 saturated heterocycles. The summed E-state index contributed by atoms with van der Waals surface area (Å²) in [4.78, 5) is 24.8. The maximum atomic E-state index is 12.4. The first-order valence-corrected chi connectivity index (χ1v) is 6.70. The molecule has 6 nitrogen and oxygen atoms in total. The number of Topliss-reactive ketones (excluding diaryl/α,β-unsaturated/α-hetero) is 2. The summed E-state index contributed by atoms with van der Waals surface area (Å²) in [5.74, 6) is -0.851. The van der Waals surface area contributed by atoms with Crippen LogP contribution in [0.25, 0.3) is 0 Å². The molecule has 0 aliphatic carbocycles. The second-order valence-corrected chi connectivity index (χ2v) is 4.61. The monoisotopic (exact) mass is 316 g/mol. The maximum Gasteiger partial charge on any atom is 0.237 e.